The lowest BCUT2D eigenvalue weighted by Crippen LogP contribution is -2.60. The van der Waals surface area contributed by atoms with E-state index >= 15 is 0 Å². The van der Waals surface area contributed by atoms with Crippen molar-refractivity contribution in [1.29, 1.82) is 0 Å². The van der Waals surface area contributed by atoms with Crippen LogP contribution in [0.3, 0.4) is 0 Å². The summed E-state index contributed by atoms with van der Waals surface area (Å²) in [5.41, 5.74) is 5.59. The van der Waals surface area contributed by atoms with Crippen LogP contribution in [-0.2, 0) is 57.4 Å². The van der Waals surface area contributed by atoms with Gasteiger partial charge in [-0.3, -0.25) is 28.8 Å². The fourth-order valence-corrected chi connectivity index (χ4v) is 8.72. The maximum absolute atomic E-state index is 14.3. The number of aliphatic hydroxyl groups is 1. The summed E-state index contributed by atoms with van der Waals surface area (Å²) in [5, 5.41) is 22.3. The van der Waals surface area contributed by atoms with Crippen LogP contribution in [0.2, 0.25) is 0 Å². The van der Waals surface area contributed by atoms with Gasteiger partial charge < -0.3 is 55.7 Å². The van der Waals surface area contributed by atoms with Gasteiger partial charge in [-0.15, -0.1) is 11.3 Å². The van der Waals surface area contributed by atoms with Gasteiger partial charge in [0.15, 0.2) is 0 Å². The Morgan fingerprint density at radius 1 is 1.05 bits per heavy atom. The van der Waals surface area contributed by atoms with E-state index in [1.165, 1.54) is 18.5 Å². The molecule has 3 heterocycles. The Bertz CT molecular complexity index is 1830. The highest BCUT2D eigenvalue weighted by Crippen LogP contribution is 2.38. The smallest absolute Gasteiger partial charge is 0.243 e. The van der Waals surface area contributed by atoms with E-state index in [2.05, 4.69) is 32.6 Å². The number of amides is 6. The molecule has 8 N–H and O–H groups in total. The molecule has 3 rings (SSSR count). The molecule has 2 aromatic heterocycles. The van der Waals surface area contributed by atoms with Crippen molar-refractivity contribution in [1.82, 2.24) is 35.7 Å². The number of piperidine rings is 1. The summed E-state index contributed by atoms with van der Waals surface area (Å²) in [6.07, 6.45) is 9.03. The Balaban J connectivity index is 1.85. The minimum atomic E-state index is -3.07. The fraction of sp³-hybridized carbons (Fsp3) is 0.667. The first-order valence-corrected chi connectivity index (χ1v) is 24.5. The van der Waals surface area contributed by atoms with Crippen molar-refractivity contribution in [2.75, 3.05) is 26.4 Å². The topological polar surface area (TPSA) is 257 Å². The lowest BCUT2D eigenvalue weighted by Gasteiger charge is -2.36. The molecule has 0 radical (unpaired) electrons. The fourth-order valence-electron chi connectivity index (χ4n) is 7.19. The van der Waals surface area contributed by atoms with Crippen LogP contribution in [0, 0.1) is 5.92 Å². The number of hydrogen-bond acceptors (Lipinski definition) is 12. The number of primary amides is 1. The monoisotopic (exact) mass is 908 g/mol. The molecule has 6 amide bonds. The van der Waals surface area contributed by atoms with Crippen LogP contribution in [0.5, 0.6) is 0 Å². The van der Waals surface area contributed by atoms with Gasteiger partial charge in [0.1, 0.15) is 37.5 Å². The first-order chi connectivity index (χ1) is 29.1. The number of likely N-dealkylation sites (tertiary alicyclic amines) is 1. The standard InChI is InChI=1S/C42H69N8O10PS/c1-9-31(38(54)48-36(37(43)53)28(4)60-61(7,8)58)45-40(56)33(24-29-25-44-26-49(29)19-15-30-13-12-22-62-30)46-39(55)32(23-27(2)3)47-41(57)34-14-10-11-18-50(34)35(52)16-21-59-42(5,6)17-20-51/h12-13,22,25-28,31-34,36,51,58H,7,9-11,14-21,23-24H2,1-6,8H3,(H2,43,53)(H,45,56)(H,46,55)(H,47,57)(H,48,54)/t28?,31?,32?,33-,34-,36-,61?/m0/s1. The van der Waals surface area contributed by atoms with Crippen LogP contribution < -0.4 is 27.0 Å². The molecule has 62 heavy (non-hydrogen) atoms. The van der Waals surface area contributed by atoms with E-state index in [9.17, 15) is 38.8 Å². The molecule has 0 aromatic carbocycles. The maximum Gasteiger partial charge on any atom is 0.243 e. The molecular weight excluding hydrogens is 840 g/mol. The van der Waals surface area contributed by atoms with Crippen molar-refractivity contribution in [2.24, 2.45) is 11.7 Å². The second-order valence-electron chi connectivity index (χ2n) is 17.0. The van der Waals surface area contributed by atoms with Crippen LogP contribution in [0.1, 0.15) is 97.1 Å². The van der Waals surface area contributed by atoms with Crippen molar-refractivity contribution in [3.63, 3.8) is 0 Å². The first kappa shape index (κ1) is 52.2. The zero-order valence-electron chi connectivity index (χ0n) is 37.3. The van der Waals surface area contributed by atoms with Crippen LogP contribution >= 0.6 is 18.7 Å². The Morgan fingerprint density at radius 2 is 1.73 bits per heavy atom. The van der Waals surface area contributed by atoms with Crippen molar-refractivity contribution < 1.29 is 48.0 Å². The summed E-state index contributed by atoms with van der Waals surface area (Å²) in [6, 6.07) is -1.71. The number of carbonyl (C=O) groups excluding carboxylic acids is 6. The number of imidazole rings is 1. The van der Waals surface area contributed by atoms with Gasteiger partial charge in [-0.25, -0.2) is 4.98 Å². The van der Waals surface area contributed by atoms with E-state index in [0.29, 0.717) is 44.5 Å². The highest BCUT2D eigenvalue weighted by atomic mass is 32.1. The number of carbonyl (C=O) groups is 6. The van der Waals surface area contributed by atoms with Gasteiger partial charge >= 0.3 is 0 Å². The van der Waals surface area contributed by atoms with E-state index < -0.39 is 78.8 Å². The molecule has 1 aliphatic rings. The summed E-state index contributed by atoms with van der Waals surface area (Å²) < 4.78 is 13.2. The summed E-state index contributed by atoms with van der Waals surface area (Å²) in [5.74, 6) is -3.81. The third-order valence-electron chi connectivity index (χ3n) is 10.5. The third-order valence-corrected chi connectivity index (χ3v) is 12.2. The van der Waals surface area contributed by atoms with Crippen LogP contribution in [0.25, 0.3) is 0 Å². The molecule has 7 atom stereocenters. The van der Waals surface area contributed by atoms with Crippen molar-refractivity contribution in [3.8, 4) is 0 Å². The van der Waals surface area contributed by atoms with Crippen molar-refractivity contribution >= 4 is 60.4 Å². The van der Waals surface area contributed by atoms with Crippen molar-refractivity contribution in [3.05, 3.63) is 40.6 Å². The van der Waals surface area contributed by atoms with Gasteiger partial charge in [0.2, 0.25) is 35.4 Å². The van der Waals surface area contributed by atoms with Gasteiger partial charge in [-0.2, -0.15) is 0 Å². The molecule has 0 bridgehead atoms. The molecular formula is C42H69N8O10PS. The van der Waals surface area contributed by atoms with Crippen LogP contribution in [0.15, 0.2) is 30.0 Å². The van der Waals surface area contributed by atoms with Crippen LogP contribution in [0.4, 0.5) is 0 Å². The Hall–Kier alpha value is -4.13. The molecule has 2 aromatic rings. The van der Waals surface area contributed by atoms with Gasteiger partial charge in [0.25, 0.3) is 0 Å². The van der Waals surface area contributed by atoms with Crippen molar-refractivity contribution in [2.45, 2.75) is 148 Å². The number of nitrogens with one attached hydrogen (secondary N) is 4. The zero-order valence-corrected chi connectivity index (χ0v) is 39.0. The largest absolute Gasteiger partial charge is 0.396 e. The number of nitrogens with zero attached hydrogens (tertiary/aromatic N) is 3. The summed E-state index contributed by atoms with van der Waals surface area (Å²) in [7, 11) is -3.07. The van der Waals surface area contributed by atoms with Crippen LogP contribution in [-0.4, -0.2) is 135 Å². The minimum Gasteiger partial charge on any atom is -0.396 e. The predicted molar refractivity (Wildman–Crippen MR) is 239 cm³/mol. The predicted octanol–water partition coefficient (Wildman–Crippen LogP) is 1.87. The number of hydrogen-bond donors (Lipinski definition) is 7. The Morgan fingerprint density at radius 3 is 2.34 bits per heavy atom. The Kier molecular flexibility index (Phi) is 20.8. The SMILES string of the molecule is C=P(C)(O)OC(C)[C@H](NC(=O)C(CC)NC(=O)[C@H](Cc1cncn1CCc1cccs1)NC(=O)C(CC(C)C)NC(=O)[C@@H]1CCCCN1C(=O)CCOC(C)(C)CCO)C(N)=O. The highest BCUT2D eigenvalue weighted by Gasteiger charge is 2.37. The number of rotatable bonds is 26. The van der Waals surface area contributed by atoms with E-state index in [-0.39, 0.29) is 50.7 Å². The molecule has 348 valence electrons. The van der Waals surface area contributed by atoms with E-state index in [0.717, 1.165) is 11.3 Å². The molecule has 18 nitrogen and oxygen atoms in total. The molecule has 0 aliphatic carbocycles. The normalized spacial score (nSPS) is 17.8. The van der Waals surface area contributed by atoms with Gasteiger partial charge in [0, 0.05) is 49.5 Å². The van der Waals surface area contributed by atoms with E-state index in [1.807, 2.05) is 49.8 Å². The number of aryl methyl sites for hydroxylation is 2. The summed E-state index contributed by atoms with van der Waals surface area (Å²) in [6.45, 7) is 12.9. The molecule has 20 heteroatoms. The first-order valence-electron chi connectivity index (χ1n) is 21.3. The molecule has 1 fully saturated rings. The van der Waals surface area contributed by atoms with Gasteiger partial charge in [0.05, 0.1) is 31.1 Å². The quantitative estimate of drug-likeness (QED) is 0.0671. The lowest BCUT2D eigenvalue weighted by atomic mass is 9.98. The molecule has 0 saturated carbocycles. The zero-order chi connectivity index (χ0) is 46.2. The number of nitrogens with two attached hydrogens (primary N) is 1. The Labute approximate surface area is 369 Å². The highest BCUT2D eigenvalue weighted by molar-refractivity contribution is 7.62. The summed E-state index contributed by atoms with van der Waals surface area (Å²) >= 11 is 1.62. The minimum absolute atomic E-state index is 0.0262. The van der Waals surface area contributed by atoms with E-state index in [1.54, 1.807) is 30.8 Å². The van der Waals surface area contributed by atoms with E-state index in [4.69, 9.17) is 15.0 Å². The molecule has 0 spiro atoms. The summed E-state index contributed by atoms with van der Waals surface area (Å²) in [4.78, 5) is 99.0. The molecule has 1 saturated heterocycles. The number of thiophene rings is 1. The third kappa shape index (κ3) is 17.2. The second-order valence-corrected chi connectivity index (χ2v) is 20.4. The number of aromatic nitrogens is 2. The van der Waals surface area contributed by atoms with Gasteiger partial charge in [-0.05, 0) is 83.1 Å². The molecule has 4 unspecified atom stereocenters. The average Bonchev–Trinajstić information content (AvgIpc) is 3.88. The molecule has 1 aliphatic heterocycles. The number of aliphatic hydroxyl groups excluding tert-OH is 1. The lowest BCUT2D eigenvalue weighted by molar-refractivity contribution is -0.145. The van der Waals surface area contributed by atoms with Gasteiger partial charge in [-0.1, -0.05) is 33.1 Å². The number of ether oxygens (including phenoxy) is 1. The second kappa shape index (κ2) is 24.6. The maximum atomic E-state index is 14.3. The average molecular weight is 909 g/mol.